The van der Waals surface area contributed by atoms with Crippen LogP contribution in [0.3, 0.4) is 0 Å². The SMILES string of the molecule is Cc1ccc2c(c1)N(CC(=O)Nc1cccc(O)c1)CC(=O)O2. The number of fused-ring (bicyclic) bond motifs is 1. The van der Waals surface area contributed by atoms with Crippen molar-refractivity contribution < 1.29 is 19.4 Å². The molecule has 0 saturated carbocycles. The lowest BCUT2D eigenvalue weighted by Crippen LogP contribution is -2.41. The first-order valence-electron chi connectivity index (χ1n) is 7.16. The molecule has 0 unspecified atom stereocenters. The summed E-state index contributed by atoms with van der Waals surface area (Å²) in [6, 6.07) is 11.8. The number of aryl methyl sites for hydroxylation is 1. The minimum atomic E-state index is -0.397. The number of carbonyl (C=O) groups excluding carboxylic acids is 2. The van der Waals surface area contributed by atoms with Gasteiger partial charge in [0.1, 0.15) is 12.3 Å². The Labute approximate surface area is 133 Å². The number of phenolic OH excluding ortho intramolecular Hbond substituents is 1. The number of amides is 1. The van der Waals surface area contributed by atoms with Gasteiger partial charge in [0.25, 0.3) is 0 Å². The Bertz CT molecular complexity index is 773. The van der Waals surface area contributed by atoms with Gasteiger partial charge >= 0.3 is 5.97 Å². The molecule has 23 heavy (non-hydrogen) atoms. The van der Waals surface area contributed by atoms with Crippen molar-refractivity contribution in [2.24, 2.45) is 0 Å². The first-order chi connectivity index (χ1) is 11.0. The second kappa shape index (κ2) is 6.00. The predicted octanol–water partition coefficient (Wildman–Crippen LogP) is 2.06. The van der Waals surface area contributed by atoms with Crippen molar-refractivity contribution in [3.05, 3.63) is 48.0 Å². The molecule has 2 aromatic rings. The minimum absolute atomic E-state index is 0.0151. The molecule has 1 aliphatic rings. The van der Waals surface area contributed by atoms with E-state index in [0.717, 1.165) is 11.3 Å². The van der Waals surface area contributed by atoms with Gasteiger partial charge in [-0.2, -0.15) is 0 Å². The topological polar surface area (TPSA) is 78.9 Å². The van der Waals surface area contributed by atoms with Crippen LogP contribution in [0.2, 0.25) is 0 Å². The van der Waals surface area contributed by atoms with E-state index in [0.29, 0.717) is 11.4 Å². The Morgan fingerprint density at radius 2 is 2.13 bits per heavy atom. The molecule has 0 fully saturated rings. The number of phenols is 1. The van der Waals surface area contributed by atoms with E-state index in [1.54, 1.807) is 23.1 Å². The average Bonchev–Trinajstić information content (AvgIpc) is 2.48. The maximum absolute atomic E-state index is 12.2. The molecule has 118 valence electrons. The van der Waals surface area contributed by atoms with Crippen LogP contribution in [-0.4, -0.2) is 30.1 Å². The second-order valence-electron chi connectivity index (χ2n) is 5.40. The third kappa shape index (κ3) is 3.42. The number of anilines is 2. The highest BCUT2D eigenvalue weighted by molar-refractivity contribution is 5.96. The summed E-state index contributed by atoms with van der Waals surface area (Å²) in [5, 5.41) is 12.1. The van der Waals surface area contributed by atoms with Crippen molar-refractivity contribution in [3.8, 4) is 11.5 Å². The molecule has 0 aliphatic carbocycles. The molecule has 0 saturated heterocycles. The number of carbonyl (C=O) groups is 2. The van der Waals surface area contributed by atoms with Crippen molar-refractivity contribution in [2.75, 3.05) is 23.3 Å². The van der Waals surface area contributed by atoms with Crippen molar-refractivity contribution in [1.29, 1.82) is 0 Å². The fourth-order valence-electron chi connectivity index (χ4n) is 2.46. The van der Waals surface area contributed by atoms with Gasteiger partial charge in [0, 0.05) is 11.8 Å². The van der Waals surface area contributed by atoms with Crippen molar-refractivity contribution >= 4 is 23.3 Å². The van der Waals surface area contributed by atoms with Crippen LogP contribution in [0.25, 0.3) is 0 Å². The van der Waals surface area contributed by atoms with Crippen molar-refractivity contribution in [3.63, 3.8) is 0 Å². The number of benzene rings is 2. The Morgan fingerprint density at radius 1 is 1.30 bits per heavy atom. The molecule has 0 bridgehead atoms. The van der Waals surface area contributed by atoms with Crippen LogP contribution < -0.4 is 15.0 Å². The molecule has 6 heteroatoms. The number of esters is 1. The fraction of sp³-hybridized carbons (Fsp3) is 0.176. The van der Waals surface area contributed by atoms with Gasteiger partial charge in [0.05, 0.1) is 12.2 Å². The van der Waals surface area contributed by atoms with Crippen LogP contribution in [0, 0.1) is 6.92 Å². The molecule has 1 aliphatic heterocycles. The number of ether oxygens (including phenoxy) is 1. The Morgan fingerprint density at radius 3 is 2.91 bits per heavy atom. The minimum Gasteiger partial charge on any atom is -0.508 e. The Kier molecular flexibility index (Phi) is 3.89. The highest BCUT2D eigenvalue weighted by atomic mass is 16.5. The Hall–Kier alpha value is -3.02. The molecule has 2 N–H and O–H groups in total. The van der Waals surface area contributed by atoms with E-state index in [9.17, 15) is 14.7 Å². The van der Waals surface area contributed by atoms with E-state index in [-0.39, 0.29) is 24.7 Å². The van der Waals surface area contributed by atoms with E-state index in [1.165, 1.54) is 12.1 Å². The van der Waals surface area contributed by atoms with Crippen LogP contribution >= 0.6 is 0 Å². The standard InChI is InChI=1S/C17H16N2O4/c1-11-5-6-15-14(7-11)19(10-17(22)23-15)9-16(21)18-12-3-2-4-13(20)8-12/h2-8,20H,9-10H2,1H3,(H,18,21). The zero-order valence-corrected chi connectivity index (χ0v) is 12.6. The lowest BCUT2D eigenvalue weighted by Gasteiger charge is -2.29. The molecular formula is C17H16N2O4. The van der Waals surface area contributed by atoms with Gasteiger partial charge in [-0.3, -0.25) is 4.79 Å². The molecule has 2 aromatic carbocycles. The maximum Gasteiger partial charge on any atom is 0.331 e. The summed E-state index contributed by atoms with van der Waals surface area (Å²) < 4.78 is 5.19. The summed E-state index contributed by atoms with van der Waals surface area (Å²) in [6.07, 6.45) is 0. The quantitative estimate of drug-likeness (QED) is 0.670. The van der Waals surface area contributed by atoms with Crippen molar-refractivity contribution in [1.82, 2.24) is 0 Å². The number of nitrogens with zero attached hydrogens (tertiary/aromatic N) is 1. The van der Waals surface area contributed by atoms with Gasteiger partial charge < -0.3 is 20.1 Å². The lowest BCUT2D eigenvalue weighted by atomic mass is 10.1. The normalized spacial score (nSPS) is 13.3. The second-order valence-corrected chi connectivity index (χ2v) is 5.40. The fourth-order valence-corrected chi connectivity index (χ4v) is 2.46. The van der Waals surface area contributed by atoms with E-state index in [1.807, 2.05) is 19.1 Å². The first kappa shape index (κ1) is 14.9. The zero-order valence-electron chi connectivity index (χ0n) is 12.6. The summed E-state index contributed by atoms with van der Waals surface area (Å²) in [5.41, 5.74) is 2.23. The summed E-state index contributed by atoms with van der Waals surface area (Å²) >= 11 is 0. The van der Waals surface area contributed by atoms with E-state index < -0.39 is 5.97 Å². The van der Waals surface area contributed by atoms with Gasteiger partial charge in [-0.1, -0.05) is 12.1 Å². The molecule has 3 rings (SSSR count). The molecule has 0 spiro atoms. The van der Waals surface area contributed by atoms with Crippen LogP contribution in [0.15, 0.2) is 42.5 Å². The van der Waals surface area contributed by atoms with Gasteiger partial charge in [-0.15, -0.1) is 0 Å². The number of nitrogens with one attached hydrogen (secondary N) is 1. The molecule has 1 heterocycles. The molecule has 0 atom stereocenters. The predicted molar refractivity (Wildman–Crippen MR) is 85.8 cm³/mol. The molecule has 0 radical (unpaired) electrons. The van der Waals surface area contributed by atoms with Crippen LogP contribution in [0.4, 0.5) is 11.4 Å². The first-order valence-corrected chi connectivity index (χ1v) is 7.16. The van der Waals surface area contributed by atoms with Gasteiger partial charge in [-0.05, 0) is 36.8 Å². The number of rotatable bonds is 3. The van der Waals surface area contributed by atoms with Crippen LogP contribution in [-0.2, 0) is 9.59 Å². The van der Waals surface area contributed by atoms with Crippen LogP contribution in [0.5, 0.6) is 11.5 Å². The molecule has 6 nitrogen and oxygen atoms in total. The third-order valence-corrected chi connectivity index (χ3v) is 3.46. The van der Waals surface area contributed by atoms with Gasteiger partial charge in [-0.25, -0.2) is 4.79 Å². The monoisotopic (exact) mass is 312 g/mol. The van der Waals surface area contributed by atoms with Crippen LogP contribution in [0.1, 0.15) is 5.56 Å². The smallest absolute Gasteiger partial charge is 0.331 e. The molecular weight excluding hydrogens is 296 g/mol. The lowest BCUT2D eigenvalue weighted by molar-refractivity contribution is -0.133. The third-order valence-electron chi connectivity index (χ3n) is 3.46. The summed E-state index contributed by atoms with van der Waals surface area (Å²) in [4.78, 5) is 25.6. The molecule has 0 aromatic heterocycles. The van der Waals surface area contributed by atoms with E-state index >= 15 is 0 Å². The van der Waals surface area contributed by atoms with E-state index in [4.69, 9.17) is 4.74 Å². The molecule has 1 amide bonds. The number of hydrogen-bond acceptors (Lipinski definition) is 5. The summed E-state index contributed by atoms with van der Waals surface area (Å²) in [5.74, 6) is -0.147. The zero-order chi connectivity index (χ0) is 16.4. The van der Waals surface area contributed by atoms with Gasteiger partial charge in [0.2, 0.25) is 5.91 Å². The number of hydrogen-bond donors (Lipinski definition) is 2. The highest BCUT2D eigenvalue weighted by Gasteiger charge is 2.25. The number of aromatic hydroxyl groups is 1. The summed E-state index contributed by atoms with van der Waals surface area (Å²) in [7, 11) is 0. The maximum atomic E-state index is 12.2. The largest absolute Gasteiger partial charge is 0.508 e. The van der Waals surface area contributed by atoms with E-state index in [2.05, 4.69) is 5.32 Å². The summed E-state index contributed by atoms with van der Waals surface area (Å²) in [6.45, 7) is 1.97. The highest BCUT2D eigenvalue weighted by Crippen LogP contribution is 2.32. The average molecular weight is 312 g/mol. The van der Waals surface area contributed by atoms with Gasteiger partial charge in [0.15, 0.2) is 5.75 Å². The Balaban J connectivity index is 1.76. The van der Waals surface area contributed by atoms with Crippen molar-refractivity contribution in [2.45, 2.75) is 6.92 Å².